The van der Waals surface area contributed by atoms with Crippen LogP contribution in [-0.4, -0.2) is 34.3 Å². The first-order valence-electron chi connectivity index (χ1n) is 6.38. The summed E-state index contributed by atoms with van der Waals surface area (Å²) in [6.45, 7) is 1.29. The van der Waals surface area contributed by atoms with Gasteiger partial charge in [0.2, 0.25) is 20.0 Å². The molecule has 1 heterocycles. The Morgan fingerprint density at radius 1 is 1.22 bits per heavy atom. The van der Waals surface area contributed by atoms with Crippen LogP contribution in [0, 0.1) is 6.92 Å². The van der Waals surface area contributed by atoms with E-state index in [1.807, 2.05) is 0 Å². The average Bonchev–Trinajstić information content (AvgIpc) is 2.83. The van der Waals surface area contributed by atoms with Crippen LogP contribution in [0.5, 0.6) is 0 Å². The summed E-state index contributed by atoms with van der Waals surface area (Å²) >= 11 is 5.82. The van der Waals surface area contributed by atoms with Crippen molar-refractivity contribution in [3.05, 3.63) is 41.1 Å². The second-order valence-electron chi connectivity index (χ2n) is 4.57. The van der Waals surface area contributed by atoms with E-state index in [4.69, 9.17) is 16.1 Å². The maximum absolute atomic E-state index is 12.1. The summed E-state index contributed by atoms with van der Waals surface area (Å²) in [4.78, 5) is -0.112. The predicted molar refractivity (Wildman–Crippen MR) is 85.3 cm³/mol. The molecular formula is C12H14ClN3O5S2. The van der Waals surface area contributed by atoms with Crippen molar-refractivity contribution in [2.45, 2.75) is 11.8 Å². The highest BCUT2D eigenvalue weighted by molar-refractivity contribution is 7.92. The van der Waals surface area contributed by atoms with Gasteiger partial charge in [-0.05, 0) is 19.1 Å². The minimum atomic E-state index is -3.89. The number of anilines is 1. The normalized spacial score (nSPS) is 12.3. The van der Waals surface area contributed by atoms with Gasteiger partial charge in [-0.2, -0.15) is 0 Å². The number of nitrogens with one attached hydrogen (secondary N) is 2. The Balaban J connectivity index is 1.97. The van der Waals surface area contributed by atoms with Gasteiger partial charge in [0, 0.05) is 12.6 Å². The van der Waals surface area contributed by atoms with E-state index in [1.165, 1.54) is 24.3 Å². The molecule has 11 heteroatoms. The van der Waals surface area contributed by atoms with Crippen molar-refractivity contribution in [1.82, 2.24) is 9.88 Å². The maximum Gasteiger partial charge on any atom is 0.242 e. The van der Waals surface area contributed by atoms with Crippen LogP contribution in [-0.2, 0) is 20.0 Å². The Bertz CT molecular complexity index is 893. The highest BCUT2D eigenvalue weighted by Gasteiger charge is 2.19. The van der Waals surface area contributed by atoms with Gasteiger partial charge in [0.25, 0.3) is 0 Å². The minimum Gasteiger partial charge on any atom is -0.360 e. The zero-order valence-electron chi connectivity index (χ0n) is 12.0. The molecule has 0 fully saturated rings. The molecule has 126 valence electrons. The van der Waals surface area contributed by atoms with Crippen molar-refractivity contribution >= 4 is 37.5 Å². The standard InChI is InChI=1S/C12H14ClN3O5S2/c1-9-8-12(15-21-9)16-22(17,18)7-6-14-23(19,20)11-5-3-2-4-10(11)13/h2-5,8,14H,6-7H2,1H3,(H,15,16). The Morgan fingerprint density at radius 2 is 1.91 bits per heavy atom. The van der Waals surface area contributed by atoms with Crippen LogP contribution >= 0.6 is 11.6 Å². The number of nitrogens with zero attached hydrogens (tertiary/aromatic N) is 1. The molecule has 0 aliphatic rings. The molecule has 0 spiro atoms. The molecule has 0 bridgehead atoms. The minimum absolute atomic E-state index is 0.0384. The fraction of sp³-hybridized carbons (Fsp3) is 0.250. The molecule has 0 aliphatic carbocycles. The maximum atomic E-state index is 12.1. The van der Waals surface area contributed by atoms with Crippen molar-refractivity contribution in [3.8, 4) is 0 Å². The Labute approximate surface area is 138 Å². The van der Waals surface area contributed by atoms with Crippen molar-refractivity contribution in [2.24, 2.45) is 0 Å². The number of sulfonamides is 2. The molecule has 1 aromatic heterocycles. The quantitative estimate of drug-likeness (QED) is 0.749. The number of aromatic nitrogens is 1. The van der Waals surface area contributed by atoms with E-state index in [0.717, 1.165) is 0 Å². The summed E-state index contributed by atoms with van der Waals surface area (Å²) in [5.41, 5.74) is 0. The lowest BCUT2D eigenvalue weighted by Gasteiger charge is -2.09. The van der Waals surface area contributed by atoms with Gasteiger partial charge in [0.1, 0.15) is 10.7 Å². The van der Waals surface area contributed by atoms with Gasteiger partial charge in [-0.25, -0.2) is 21.6 Å². The number of halogens is 1. The SMILES string of the molecule is Cc1cc(NS(=O)(=O)CCNS(=O)(=O)c2ccccc2Cl)no1. The van der Waals surface area contributed by atoms with Crippen molar-refractivity contribution < 1.29 is 21.4 Å². The van der Waals surface area contributed by atoms with Crippen LogP contribution in [0.1, 0.15) is 5.76 Å². The van der Waals surface area contributed by atoms with Crippen LogP contribution < -0.4 is 9.44 Å². The molecule has 0 aliphatic heterocycles. The van der Waals surface area contributed by atoms with E-state index in [-0.39, 0.29) is 22.3 Å². The third-order valence-corrected chi connectivity index (χ3v) is 5.90. The summed E-state index contributed by atoms with van der Waals surface area (Å²) in [5, 5.41) is 3.55. The Kier molecular flexibility index (Phi) is 5.30. The molecule has 0 atom stereocenters. The highest BCUT2D eigenvalue weighted by atomic mass is 35.5. The molecule has 0 amide bonds. The van der Waals surface area contributed by atoms with Gasteiger partial charge in [0.05, 0.1) is 10.8 Å². The average molecular weight is 380 g/mol. The smallest absolute Gasteiger partial charge is 0.242 e. The van der Waals surface area contributed by atoms with Crippen LogP contribution in [0.3, 0.4) is 0 Å². The molecule has 2 rings (SSSR count). The van der Waals surface area contributed by atoms with Gasteiger partial charge >= 0.3 is 0 Å². The van der Waals surface area contributed by atoms with Crippen molar-refractivity contribution in [2.75, 3.05) is 17.0 Å². The summed E-state index contributed by atoms with van der Waals surface area (Å²) in [6.07, 6.45) is 0. The summed E-state index contributed by atoms with van der Waals surface area (Å²) in [6, 6.07) is 7.28. The molecule has 2 N–H and O–H groups in total. The van der Waals surface area contributed by atoms with Crippen molar-refractivity contribution in [1.29, 1.82) is 0 Å². The summed E-state index contributed by atoms with van der Waals surface area (Å²) in [5.74, 6) is 0.0151. The number of rotatable bonds is 7. The first kappa shape index (κ1) is 17.7. The van der Waals surface area contributed by atoms with Gasteiger partial charge in [-0.3, -0.25) is 4.72 Å². The van der Waals surface area contributed by atoms with Crippen LogP contribution in [0.2, 0.25) is 5.02 Å². The fourth-order valence-electron chi connectivity index (χ4n) is 1.68. The van der Waals surface area contributed by atoms with Crippen LogP contribution in [0.15, 0.2) is 39.8 Å². The third-order valence-electron chi connectivity index (χ3n) is 2.68. The lowest BCUT2D eigenvalue weighted by molar-refractivity contribution is 0.400. The first-order valence-corrected chi connectivity index (χ1v) is 9.89. The summed E-state index contributed by atoms with van der Waals surface area (Å²) < 4.78 is 56.9. The largest absolute Gasteiger partial charge is 0.360 e. The Morgan fingerprint density at radius 3 is 2.52 bits per heavy atom. The third kappa shape index (κ3) is 4.93. The van der Waals surface area contributed by atoms with E-state index in [9.17, 15) is 16.8 Å². The number of aryl methyl sites for hydroxylation is 1. The number of hydrogen-bond acceptors (Lipinski definition) is 6. The zero-order valence-corrected chi connectivity index (χ0v) is 14.4. The van der Waals surface area contributed by atoms with E-state index in [0.29, 0.717) is 5.76 Å². The lowest BCUT2D eigenvalue weighted by atomic mass is 10.4. The van der Waals surface area contributed by atoms with E-state index in [2.05, 4.69) is 14.6 Å². The van der Waals surface area contributed by atoms with E-state index in [1.54, 1.807) is 13.0 Å². The molecule has 23 heavy (non-hydrogen) atoms. The first-order chi connectivity index (χ1) is 10.7. The molecule has 2 aromatic rings. The molecule has 0 radical (unpaired) electrons. The highest BCUT2D eigenvalue weighted by Crippen LogP contribution is 2.19. The number of benzene rings is 1. The second-order valence-corrected chi connectivity index (χ2v) is 8.56. The lowest BCUT2D eigenvalue weighted by Crippen LogP contribution is -2.31. The second kappa shape index (κ2) is 6.87. The van der Waals surface area contributed by atoms with Crippen molar-refractivity contribution in [3.63, 3.8) is 0 Å². The van der Waals surface area contributed by atoms with Crippen LogP contribution in [0.25, 0.3) is 0 Å². The van der Waals surface area contributed by atoms with Crippen LogP contribution in [0.4, 0.5) is 5.82 Å². The van der Waals surface area contributed by atoms with E-state index < -0.39 is 25.8 Å². The predicted octanol–water partition coefficient (Wildman–Crippen LogP) is 1.36. The van der Waals surface area contributed by atoms with Gasteiger partial charge in [-0.15, -0.1) is 0 Å². The fourth-order valence-corrected chi connectivity index (χ4v) is 4.24. The Hall–Kier alpha value is -1.62. The number of hydrogen-bond donors (Lipinski definition) is 2. The summed E-state index contributed by atoms with van der Waals surface area (Å²) in [7, 11) is -7.66. The van der Waals surface area contributed by atoms with Gasteiger partial charge < -0.3 is 4.52 Å². The zero-order chi connectivity index (χ0) is 17.1. The van der Waals surface area contributed by atoms with Gasteiger partial charge in [-0.1, -0.05) is 28.9 Å². The molecule has 0 saturated carbocycles. The molecule has 1 aromatic carbocycles. The monoisotopic (exact) mass is 379 g/mol. The topological polar surface area (TPSA) is 118 Å². The molecule has 0 unspecified atom stereocenters. The van der Waals surface area contributed by atoms with Gasteiger partial charge in [0.15, 0.2) is 5.82 Å². The molecular weight excluding hydrogens is 366 g/mol. The molecule has 0 saturated heterocycles. The molecule has 8 nitrogen and oxygen atoms in total. The van der Waals surface area contributed by atoms with E-state index >= 15 is 0 Å².